The number of likely N-dealkylation sites (tertiary alicyclic amines) is 2. The van der Waals surface area contributed by atoms with E-state index in [1.165, 1.54) is 13.0 Å². The summed E-state index contributed by atoms with van der Waals surface area (Å²) in [7, 11) is 2.08. The fourth-order valence-corrected chi connectivity index (χ4v) is 5.31. The van der Waals surface area contributed by atoms with Gasteiger partial charge in [-0.25, -0.2) is 8.78 Å². The summed E-state index contributed by atoms with van der Waals surface area (Å²) in [6.07, 6.45) is 5.75. The molecule has 2 aliphatic heterocycles. The molecule has 3 aliphatic rings. The number of alkyl halides is 1. The molecule has 0 spiro atoms. The summed E-state index contributed by atoms with van der Waals surface area (Å²) in [6.45, 7) is 7.58. The Morgan fingerprint density at radius 1 is 1.35 bits per heavy atom. The van der Waals surface area contributed by atoms with E-state index in [1.54, 1.807) is 4.90 Å². The molecule has 34 heavy (non-hydrogen) atoms. The lowest BCUT2D eigenvalue weighted by atomic mass is 9.86. The Labute approximate surface area is 201 Å². The molecule has 0 aromatic heterocycles. The first-order valence-electron chi connectivity index (χ1n) is 12.1. The Morgan fingerprint density at radius 3 is 2.76 bits per heavy atom. The molecule has 0 saturated carbocycles. The topological polar surface area (TPSA) is 85.4 Å². The second-order valence-corrected chi connectivity index (χ2v) is 10.3. The number of Topliss-reactive ketones (excluding diaryl/α,β-unsaturated/α-hetero) is 1. The molecule has 2 fully saturated rings. The number of halogens is 2. The molecule has 6 nitrogen and oxygen atoms in total. The van der Waals surface area contributed by atoms with Gasteiger partial charge in [-0.05, 0) is 91.4 Å². The number of hydrogen-bond donors (Lipinski definition) is 2. The second kappa shape index (κ2) is 10.7. The molecule has 0 bridgehead atoms. The Bertz CT molecular complexity index is 972. The van der Waals surface area contributed by atoms with Crippen LogP contribution >= 0.6 is 0 Å². The minimum absolute atomic E-state index is 0.0456. The van der Waals surface area contributed by atoms with Crippen LogP contribution in [0.3, 0.4) is 0 Å². The van der Waals surface area contributed by atoms with Gasteiger partial charge < -0.3 is 20.9 Å². The number of nitrogens with one attached hydrogen (secondary N) is 1. The molecule has 0 amide bonds. The SMILES string of the molecule is CC(=O)C1=C(N2/C(=C/C#N)CCCC2(C)C)C(F)=C(NCC2CCCN(C)CC2)C(F)C=C1N. The van der Waals surface area contributed by atoms with Crippen LogP contribution in [-0.2, 0) is 4.79 Å². The first-order valence-corrected chi connectivity index (χ1v) is 12.1. The van der Waals surface area contributed by atoms with E-state index >= 15 is 8.78 Å². The Kier molecular flexibility index (Phi) is 8.19. The summed E-state index contributed by atoms with van der Waals surface area (Å²) in [5.41, 5.74) is 5.79. The number of carbonyl (C=O) groups excluding carboxylic acids is 1. The van der Waals surface area contributed by atoms with Gasteiger partial charge in [0.2, 0.25) is 0 Å². The molecule has 2 unspecified atom stereocenters. The van der Waals surface area contributed by atoms with E-state index in [0.29, 0.717) is 24.6 Å². The number of nitriles is 1. The standard InChI is InChI=1S/C26H37F2N5O/c1-17(34)22-21(30)15-20(27)24(31-16-18-7-6-13-32(4)14-10-18)23(28)25(22)33-19(9-12-29)8-5-11-26(33,2)3/h9,15,18,20,31H,5-8,10-11,13-14,16,30H2,1-4H3/b19-9+. The minimum atomic E-state index is -1.81. The van der Waals surface area contributed by atoms with Crippen LogP contribution in [0.15, 0.2) is 46.3 Å². The third-order valence-electron chi connectivity index (χ3n) is 7.14. The summed E-state index contributed by atoms with van der Waals surface area (Å²) >= 11 is 0. The zero-order valence-corrected chi connectivity index (χ0v) is 20.8. The fourth-order valence-electron chi connectivity index (χ4n) is 5.31. The summed E-state index contributed by atoms with van der Waals surface area (Å²) in [5, 5.41) is 12.4. The van der Waals surface area contributed by atoms with Crippen LogP contribution < -0.4 is 11.1 Å². The number of ketones is 1. The molecule has 3 N–H and O–H groups in total. The molecule has 2 saturated heterocycles. The maximum atomic E-state index is 16.4. The predicted octanol–water partition coefficient (Wildman–Crippen LogP) is 4.20. The number of nitrogens with zero attached hydrogens (tertiary/aromatic N) is 3. The number of carbonyl (C=O) groups is 1. The van der Waals surface area contributed by atoms with Gasteiger partial charge in [-0.3, -0.25) is 4.79 Å². The number of rotatable bonds is 5. The van der Waals surface area contributed by atoms with Crippen molar-refractivity contribution in [3.05, 3.63) is 46.3 Å². The van der Waals surface area contributed by atoms with Crippen LogP contribution in [0.2, 0.25) is 0 Å². The van der Waals surface area contributed by atoms with Gasteiger partial charge in [-0.2, -0.15) is 5.26 Å². The van der Waals surface area contributed by atoms with Crippen molar-refractivity contribution in [3.63, 3.8) is 0 Å². The van der Waals surface area contributed by atoms with Crippen molar-refractivity contribution in [1.82, 2.24) is 15.1 Å². The third kappa shape index (κ3) is 5.52. The maximum Gasteiger partial charge on any atom is 0.169 e. The molecule has 1 aliphatic carbocycles. The first kappa shape index (κ1) is 26.0. The van der Waals surface area contributed by atoms with E-state index in [-0.39, 0.29) is 22.7 Å². The van der Waals surface area contributed by atoms with Gasteiger partial charge in [0.25, 0.3) is 0 Å². The lowest BCUT2D eigenvalue weighted by Crippen LogP contribution is -2.46. The highest BCUT2D eigenvalue weighted by molar-refractivity contribution is 5.99. The molecule has 8 heteroatoms. The van der Waals surface area contributed by atoms with Crippen molar-refractivity contribution >= 4 is 5.78 Å². The van der Waals surface area contributed by atoms with Gasteiger partial charge in [0.1, 0.15) is 0 Å². The predicted molar refractivity (Wildman–Crippen MR) is 129 cm³/mol. The summed E-state index contributed by atoms with van der Waals surface area (Å²) in [4.78, 5) is 16.7. The van der Waals surface area contributed by atoms with E-state index in [0.717, 1.165) is 51.3 Å². The van der Waals surface area contributed by atoms with Crippen molar-refractivity contribution in [2.75, 3.05) is 26.7 Å². The van der Waals surface area contributed by atoms with Crippen molar-refractivity contribution in [2.24, 2.45) is 11.7 Å². The van der Waals surface area contributed by atoms with E-state index in [9.17, 15) is 10.1 Å². The van der Waals surface area contributed by atoms with E-state index < -0.39 is 23.3 Å². The Morgan fingerprint density at radius 2 is 2.09 bits per heavy atom. The number of allylic oxidation sites excluding steroid dienone is 5. The van der Waals surface area contributed by atoms with Crippen LogP contribution in [0.25, 0.3) is 0 Å². The molecular formula is C26H37F2N5O. The molecule has 2 atom stereocenters. The molecule has 3 rings (SSSR count). The highest BCUT2D eigenvalue weighted by Crippen LogP contribution is 2.43. The molecule has 186 valence electrons. The average molecular weight is 474 g/mol. The normalized spacial score (nSPS) is 27.7. The Balaban J connectivity index is 2.09. The first-order chi connectivity index (χ1) is 16.1. The zero-order chi connectivity index (χ0) is 25.0. The number of nitrogens with two attached hydrogens (primary N) is 1. The van der Waals surface area contributed by atoms with Crippen molar-refractivity contribution in [3.8, 4) is 6.07 Å². The van der Waals surface area contributed by atoms with Crippen molar-refractivity contribution in [2.45, 2.75) is 71.0 Å². The van der Waals surface area contributed by atoms with Gasteiger partial charge in [-0.15, -0.1) is 0 Å². The Hall–Kier alpha value is -2.66. The molecular weight excluding hydrogens is 436 g/mol. The molecule has 0 aromatic rings. The largest absolute Gasteiger partial charge is 0.398 e. The third-order valence-corrected chi connectivity index (χ3v) is 7.14. The smallest absolute Gasteiger partial charge is 0.169 e. The van der Waals surface area contributed by atoms with Gasteiger partial charge in [0.15, 0.2) is 17.8 Å². The van der Waals surface area contributed by atoms with Crippen LogP contribution in [0.1, 0.15) is 59.3 Å². The summed E-state index contributed by atoms with van der Waals surface area (Å²) < 4.78 is 31.7. The van der Waals surface area contributed by atoms with E-state index in [2.05, 4.69) is 17.3 Å². The van der Waals surface area contributed by atoms with Crippen molar-refractivity contribution < 1.29 is 13.6 Å². The lowest BCUT2D eigenvalue weighted by Gasteiger charge is -2.47. The van der Waals surface area contributed by atoms with E-state index in [4.69, 9.17) is 5.73 Å². The lowest BCUT2D eigenvalue weighted by molar-refractivity contribution is -0.113. The zero-order valence-electron chi connectivity index (χ0n) is 20.8. The molecule has 0 aromatic carbocycles. The highest BCUT2D eigenvalue weighted by atomic mass is 19.1. The molecule has 2 heterocycles. The molecule has 0 radical (unpaired) electrons. The monoisotopic (exact) mass is 473 g/mol. The summed E-state index contributed by atoms with van der Waals surface area (Å²) in [6, 6.07) is 2.04. The fraction of sp³-hybridized carbons (Fsp3) is 0.615. The van der Waals surface area contributed by atoms with Gasteiger partial charge >= 0.3 is 0 Å². The van der Waals surface area contributed by atoms with Gasteiger partial charge in [0.05, 0.1) is 23.0 Å². The minimum Gasteiger partial charge on any atom is -0.398 e. The quantitative estimate of drug-likeness (QED) is 0.582. The average Bonchev–Trinajstić information content (AvgIpc) is 3.00. The number of hydrogen-bond acceptors (Lipinski definition) is 6. The second-order valence-electron chi connectivity index (χ2n) is 10.3. The number of piperidine rings is 1. The van der Waals surface area contributed by atoms with E-state index in [1.807, 2.05) is 19.9 Å². The maximum absolute atomic E-state index is 16.4. The summed E-state index contributed by atoms with van der Waals surface area (Å²) in [5.74, 6) is -0.974. The highest BCUT2D eigenvalue weighted by Gasteiger charge is 2.41. The van der Waals surface area contributed by atoms with Crippen LogP contribution in [-0.4, -0.2) is 54.0 Å². The van der Waals surface area contributed by atoms with Crippen molar-refractivity contribution in [1.29, 1.82) is 5.26 Å². The van der Waals surface area contributed by atoms with Gasteiger partial charge in [0, 0.05) is 29.6 Å². The van der Waals surface area contributed by atoms with Crippen LogP contribution in [0.5, 0.6) is 0 Å². The van der Waals surface area contributed by atoms with Gasteiger partial charge in [-0.1, -0.05) is 0 Å². The van der Waals surface area contributed by atoms with Crippen LogP contribution in [0.4, 0.5) is 8.78 Å². The van der Waals surface area contributed by atoms with Crippen LogP contribution in [0, 0.1) is 17.2 Å².